The molecule has 5 heteroatoms. The lowest BCUT2D eigenvalue weighted by molar-refractivity contribution is -0.176. The fourth-order valence-electron chi connectivity index (χ4n) is 3.99. The van der Waals surface area contributed by atoms with Crippen molar-refractivity contribution in [1.29, 1.82) is 0 Å². The molecule has 3 atom stereocenters. The summed E-state index contributed by atoms with van der Waals surface area (Å²) < 4.78 is 5.83. The van der Waals surface area contributed by atoms with E-state index in [4.69, 9.17) is 4.74 Å². The molecule has 0 radical (unpaired) electrons. The summed E-state index contributed by atoms with van der Waals surface area (Å²) in [5.74, 6) is 0.214. The van der Waals surface area contributed by atoms with Gasteiger partial charge in [-0.25, -0.2) is 0 Å². The van der Waals surface area contributed by atoms with Gasteiger partial charge in [0.1, 0.15) is 0 Å². The molecule has 0 aromatic carbocycles. The molecular weight excluding hydrogens is 276 g/mol. The number of hydrogen-bond acceptors (Lipinski definition) is 3. The normalized spacial score (nSPS) is 34.5. The first-order valence-electron chi connectivity index (χ1n) is 7.91. The van der Waals surface area contributed by atoms with E-state index in [1.165, 1.54) is 32.1 Å². The van der Waals surface area contributed by atoms with Crippen molar-refractivity contribution < 1.29 is 9.53 Å². The van der Waals surface area contributed by atoms with Gasteiger partial charge in [0.05, 0.1) is 12.1 Å². The van der Waals surface area contributed by atoms with Crippen LogP contribution in [-0.4, -0.2) is 37.2 Å². The topological polar surface area (TPSA) is 50.4 Å². The summed E-state index contributed by atoms with van der Waals surface area (Å²) in [5, 5.41) is 6.61. The molecule has 116 valence electrons. The monoisotopic (exact) mass is 302 g/mol. The van der Waals surface area contributed by atoms with Gasteiger partial charge >= 0.3 is 0 Å². The van der Waals surface area contributed by atoms with Gasteiger partial charge in [-0.1, -0.05) is 12.8 Å². The SMILES string of the molecule is CCOC1CC(NC(=O)C2CCCCN2)C12CCC2.Cl. The Bertz CT molecular complexity index is 341. The van der Waals surface area contributed by atoms with Crippen molar-refractivity contribution in [2.75, 3.05) is 13.2 Å². The zero-order valence-electron chi connectivity index (χ0n) is 12.3. The number of rotatable bonds is 4. The minimum atomic E-state index is 0. The van der Waals surface area contributed by atoms with Crippen molar-refractivity contribution in [1.82, 2.24) is 10.6 Å². The summed E-state index contributed by atoms with van der Waals surface area (Å²) >= 11 is 0. The Balaban J connectivity index is 0.00000147. The van der Waals surface area contributed by atoms with Crippen LogP contribution in [0.15, 0.2) is 0 Å². The van der Waals surface area contributed by atoms with E-state index in [1.807, 2.05) is 0 Å². The molecule has 0 bridgehead atoms. The van der Waals surface area contributed by atoms with Crippen LogP contribution in [0.3, 0.4) is 0 Å². The lowest BCUT2D eigenvalue weighted by atomic mass is 9.51. The van der Waals surface area contributed by atoms with Crippen LogP contribution < -0.4 is 10.6 Å². The average Bonchev–Trinajstić information content (AvgIpc) is 2.36. The number of carbonyl (C=O) groups excluding carboxylic acids is 1. The van der Waals surface area contributed by atoms with Crippen molar-refractivity contribution in [3.05, 3.63) is 0 Å². The summed E-state index contributed by atoms with van der Waals surface area (Å²) in [7, 11) is 0. The minimum absolute atomic E-state index is 0. The van der Waals surface area contributed by atoms with Gasteiger partial charge in [0, 0.05) is 18.1 Å². The Labute approximate surface area is 127 Å². The van der Waals surface area contributed by atoms with Gasteiger partial charge in [-0.3, -0.25) is 4.79 Å². The third-order valence-electron chi connectivity index (χ3n) is 5.38. The van der Waals surface area contributed by atoms with E-state index in [9.17, 15) is 4.79 Å². The lowest BCUT2D eigenvalue weighted by Gasteiger charge is -2.61. The molecule has 1 saturated heterocycles. The maximum absolute atomic E-state index is 12.3. The molecule has 1 heterocycles. The van der Waals surface area contributed by atoms with Crippen molar-refractivity contribution in [2.45, 2.75) is 70.1 Å². The smallest absolute Gasteiger partial charge is 0.237 e. The van der Waals surface area contributed by atoms with Gasteiger partial charge < -0.3 is 15.4 Å². The van der Waals surface area contributed by atoms with Crippen LogP contribution >= 0.6 is 12.4 Å². The quantitative estimate of drug-likeness (QED) is 0.835. The maximum Gasteiger partial charge on any atom is 0.237 e. The highest BCUT2D eigenvalue weighted by atomic mass is 35.5. The van der Waals surface area contributed by atoms with Crippen molar-refractivity contribution >= 4 is 18.3 Å². The van der Waals surface area contributed by atoms with Crippen molar-refractivity contribution in [2.24, 2.45) is 5.41 Å². The van der Waals surface area contributed by atoms with E-state index in [-0.39, 0.29) is 29.8 Å². The highest BCUT2D eigenvalue weighted by Gasteiger charge is 2.59. The van der Waals surface area contributed by atoms with Gasteiger partial charge in [-0.05, 0) is 45.6 Å². The zero-order chi connectivity index (χ0) is 13.3. The third kappa shape index (κ3) is 2.70. The molecule has 1 spiro atoms. The second-order valence-electron chi connectivity index (χ2n) is 6.33. The molecule has 1 amide bonds. The standard InChI is InChI=1S/C15H26N2O2.ClH/c1-2-19-13-10-12(15(13)7-5-8-15)17-14(18)11-6-3-4-9-16-11;/h11-13,16H,2-10H2,1H3,(H,17,18);1H. The number of ether oxygens (including phenoxy) is 1. The fraction of sp³-hybridized carbons (Fsp3) is 0.933. The first-order valence-corrected chi connectivity index (χ1v) is 7.91. The first-order chi connectivity index (χ1) is 9.26. The molecule has 2 N–H and O–H groups in total. The average molecular weight is 303 g/mol. The summed E-state index contributed by atoms with van der Waals surface area (Å²) in [6.45, 7) is 3.83. The first kappa shape index (κ1) is 16.1. The Kier molecular flexibility index (Phi) is 5.32. The second-order valence-corrected chi connectivity index (χ2v) is 6.33. The van der Waals surface area contributed by atoms with Crippen LogP contribution in [0.4, 0.5) is 0 Å². The van der Waals surface area contributed by atoms with Crippen LogP contribution in [0.5, 0.6) is 0 Å². The molecule has 4 nitrogen and oxygen atoms in total. The molecule has 20 heavy (non-hydrogen) atoms. The highest BCUT2D eigenvalue weighted by molar-refractivity contribution is 5.85. The van der Waals surface area contributed by atoms with Crippen LogP contribution in [0.1, 0.15) is 51.9 Å². The Morgan fingerprint density at radius 3 is 2.70 bits per heavy atom. The van der Waals surface area contributed by atoms with Crippen LogP contribution in [0.2, 0.25) is 0 Å². The van der Waals surface area contributed by atoms with Crippen LogP contribution in [-0.2, 0) is 9.53 Å². The molecular formula is C15H27ClN2O2. The van der Waals surface area contributed by atoms with E-state index in [0.29, 0.717) is 12.1 Å². The number of piperidine rings is 1. The van der Waals surface area contributed by atoms with E-state index in [1.54, 1.807) is 0 Å². The van der Waals surface area contributed by atoms with Gasteiger partial charge in [0.2, 0.25) is 5.91 Å². The number of halogens is 1. The second kappa shape index (κ2) is 6.63. The summed E-state index contributed by atoms with van der Waals surface area (Å²) in [6, 6.07) is 0.394. The number of hydrogen-bond donors (Lipinski definition) is 2. The lowest BCUT2D eigenvalue weighted by Crippen LogP contribution is -2.69. The van der Waals surface area contributed by atoms with E-state index in [2.05, 4.69) is 17.6 Å². The minimum Gasteiger partial charge on any atom is -0.378 e. The van der Waals surface area contributed by atoms with Crippen LogP contribution in [0, 0.1) is 5.41 Å². The van der Waals surface area contributed by atoms with Gasteiger partial charge in [-0.15, -0.1) is 12.4 Å². The van der Waals surface area contributed by atoms with E-state index >= 15 is 0 Å². The van der Waals surface area contributed by atoms with E-state index < -0.39 is 0 Å². The Morgan fingerprint density at radius 2 is 2.15 bits per heavy atom. The van der Waals surface area contributed by atoms with Crippen molar-refractivity contribution in [3.8, 4) is 0 Å². The van der Waals surface area contributed by atoms with Gasteiger partial charge in [0.15, 0.2) is 0 Å². The molecule has 0 aromatic heterocycles. The third-order valence-corrected chi connectivity index (χ3v) is 5.38. The zero-order valence-corrected chi connectivity index (χ0v) is 13.1. The van der Waals surface area contributed by atoms with Crippen molar-refractivity contribution in [3.63, 3.8) is 0 Å². The molecule has 1 aliphatic heterocycles. The highest BCUT2D eigenvalue weighted by Crippen LogP contribution is 2.57. The molecule has 2 aliphatic carbocycles. The number of carbonyl (C=O) groups is 1. The Morgan fingerprint density at radius 1 is 1.35 bits per heavy atom. The molecule has 2 saturated carbocycles. The summed E-state index contributed by atoms with van der Waals surface area (Å²) in [6.07, 6.45) is 8.48. The molecule has 3 unspecified atom stereocenters. The molecule has 3 rings (SSSR count). The predicted molar refractivity (Wildman–Crippen MR) is 81.1 cm³/mol. The fourth-order valence-corrected chi connectivity index (χ4v) is 3.99. The van der Waals surface area contributed by atoms with E-state index in [0.717, 1.165) is 26.0 Å². The Hall–Kier alpha value is -0.320. The summed E-state index contributed by atoms with van der Waals surface area (Å²) in [5.41, 5.74) is 0.278. The molecule has 3 aliphatic rings. The maximum atomic E-state index is 12.3. The largest absolute Gasteiger partial charge is 0.378 e. The van der Waals surface area contributed by atoms with Crippen LogP contribution in [0.25, 0.3) is 0 Å². The predicted octanol–water partition coefficient (Wildman–Crippen LogP) is 2.01. The number of amides is 1. The number of nitrogens with one attached hydrogen (secondary N) is 2. The summed E-state index contributed by atoms with van der Waals surface area (Å²) in [4.78, 5) is 12.3. The van der Waals surface area contributed by atoms with Gasteiger partial charge in [0.25, 0.3) is 0 Å². The molecule has 3 fully saturated rings. The van der Waals surface area contributed by atoms with Gasteiger partial charge in [-0.2, -0.15) is 0 Å². The molecule has 0 aromatic rings.